The lowest BCUT2D eigenvalue weighted by molar-refractivity contribution is -0.120. The van der Waals surface area contributed by atoms with Gasteiger partial charge < -0.3 is 15.7 Å². The van der Waals surface area contributed by atoms with Crippen molar-refractivity contribution < 1.29 is 19.1 Å². The van der Waals surface area contributed by atoms with Crippen molar-refractivity contribution in [3.63, 3.8) is 0 Å². The van der Waals surface area contributed by atoms with Crippen molar-refractivity contribution in [1.29, 1.82) is 0 Å². The molecule has 126 valence electrons. The molecule has 0 bridgehead atoms. The number of amides is 2. The number of nitrogens with zero attached hydrogens (tertiary/aromatic N) is 1. The molecule has 0 fully saturated rings. The SMILES string of the molecule is O=C(CCNC(=O)c1ncccc1O)NCCc1ccc(F)cc1. The molecule has 1 aromatic heterocycles. The van der Waals surface area contributed by atoms with Gasteiger partial charge in [-0.1, -0.05) is 12.1 Å². The highest BCUT2D eigenvalue weighted by Crippen LogP contribution is 2.11. The number of benzene rings is 1. The zero-order valence-electron chi connectivity index (χ0n) is 13.0. The van der Waals surface area contributed by atoms with Gasteiger partial charge in [-0.15, -0.1) is 0 Å². The topological polar surface area (TPSA) is 91.3 Å². The van der Waals surface area contributed by atoms with Crippen LogP contribution in [0.15, 0.2) is 42.6 Å². The quantitative estimate of drug-likeness (QED) is 0.715. The molecule has 0 saturated carbocycles. The summed E-state index contributed by atoms with van der Waals surface area (Å²) in [5.41, 5.74) is 0.852. The van der Waals surface area contributed by atoms with Gasteiger partial charge >= 0.3 is 0 Å². The van der Waals surface area contributed by atoms with E-state index in [1.807, 2.05) is 0 Å². The molecule has 3 N–H and O–H groups in total. The van der Waals surface area contributed by atoms with Gasteiger partial charge in [0.2, 0.25) is 5.91 Å². The van der Waals surface area contributed by atoms with Gasteiger partial charge in [-0.05, 0) is 36.2 Å². The van der Waals surface area contributed by atoms with Crippen LogP contribution < -0.4 is 10.6 Å². The van der Waals surface area contributed by atoms with E-state index in [0.29, 0.717) is 13.0 Å². The van der Waals surface area contributed by atoms with Crippen molar-refractivity contribution in [1.82, 2.24) is 15.6 Å². The second-order valence-electron chi connectivity index (χ2n) is 5.10. The van der Waals surface area contributed by atoms with E-state index in [9.17, 15) is 19.1 Å². The smallest absolute Gasteiger partial charge is 0.273 e. The van der Waals surface area contributed by atoms with Crippen LogP contribution in [-0.4, -0.2) is 35.0 Å². The standard InChI is InChI=1S/C17H18FN3O3/c18-13-5-3-12(4-6-13)7-10-19-15(23)8-11-21-17(24)16-14(22)2-1-9-20-16/h1-6,9,22H,7-8,10-11H2,(H,19,23)(H,21,24). The van der Waals surface area contributed by atoms with E-state index in [4.69, 9.17) is 0 Å². The molecule has 2 rings (SSSR count). The minimum Gasteiger partial charge on any atom is -0.505 e. The average Bonchev–Trinajstić information content (AvgIpc) is 2.57. The second-order valence-corrected chi connectivity index (χ2v) is 5.10. The number of carbonyl (C=O) groups is 2. The Hall–Kier alpha value is -2.96. The zero-order chi connectivity index (χ0) is 17.4. The zero-order valence-corrected chi connectivity index (χ0v) is 13.0. The Morgan fingerprint density at radius 1 is 1.08 bits per heavy atom. The predicted octanol–water partition coefficient (Wildman–Crippen LogP) is 1.41. The summed E-state index contributed by atoms with van der Waals surface area (Å²) in [6.45, 7) is 0.566. The van der Waals surface area contributed by atoms with Gasteiger partial charge in [-0.3, -0.25) is 9.59 Å². The summed E-state index contributed by atoms with van der Waals surface area (Å²) in [5, 5.41) is 14.7. The highest BCUT2D eigenvalue weighted by Gasteiger charge is 2.11. The fourth-order valence-electron chi connectivity index (χ4n) is 2.03. The fraction of sp³-hybridized carbons (Fsp3) is 0.235. The summed E-state index contributed by atoms with van der Waals surface area (Å²) >= 11 is 0. The van der Waals surface area contributed by atoms with Gasteiger partial charge in [0.1, 0.15) is 11.6 Å². The molecule has 0 radical (unpaired) electrons. The third-order valence-corrected chi connectivity index (χ3v) is 3.29. The molecule has 0 spiro atoms. The Balaban J connectivity index is 1.65. The maximum Gasteiger partial charge on any atom is 0.273 e. The summed E-state index contributed by atoms with van der Waals surface area (Å²) in [6, 6.07) is 8.96. The first kappa shape index (κ1) is 17.4. The summed E-state index contributed by atoms with van der Waals surface area (Å²) in [7, 11) is 0. The van der Waals surface area contributed by atoms with Crippen molar-refractivity contribution >= 4 is 11.8 Å². The first-order valence-corrected chi connectivity index (χ1v) is 7.49. The molecule has 2 aromatic rings. The lowest BCUT2D eigenvalue weighted by Crippen LogP contribution is -2.32. The molecule has 0 atom stereocenters. The number of nitrogens with one attached hydrogen (secondary N) is 2. The molecule has 0 aliphatic heterocycles. The molecular weight excluding hydrogens is 313 g/mol. The molecule has 24 heavy (non-hydrogen) atoms. The highest BCUT2D eigenvalue weighted by atomic mass is 19.1. The lowest BCUT2D eigenvalue weighted by Gasteiger charge is -2.07. The molecule has 0 saturated heterocycles. The van der Waals surface area contributed by atoms with Crippen LogP contribution in [0.4, 0.5) is 4.39 Å². The molecular formula is C17H18FN3O3. The van der Waals surface area contributed by atoms with Gasteiger partial charge in [0.25, 0.3) is 5.91 Å². The van der Waals surface area contributed by atoms with Gasteiger partial charge in [0, 0.05) is 25.7 Å². The second kappa shape index (κ2) is 8.61. The van der Waals surface area contributed by atoms with Crippen molar-refractivity contribution in [2.24, 2.45) is 0 Å². The van der Waals surface area contributed by atoms with Crippen molar-refractivity contribution in [3.05, 3.63) is 59.7 Å². The van der Waals surface area contributed by atoms with Crippen LogP contribution in [0.2, 0.25) is 0 Å². The molecule has 7 heteroatoms. The Morgan fingerprint density at radius 2 is 1.83 bits per heavy atom. The Morgan fingerprint density at radius 3 is 2.54 bits per heavy atom. The summed E-state index contributed by atoms with van der Waals surface area (Å²) in [6.07, 6.45) is 2.11. The number of pyridine rings is 1. The van der Waals surface area contributed by atoms with E-state index in [-0.39, 0.29) is 36.1 Å². The van der Waals surface area contributed by atoms with Crippen LogP contribution in [0.3, 0.4) is 0 Å². The van der Waals surface area contributed by atoms with Gasteiger partial charge in [-0.25, -0.2) is 9.37 Å². The van der Waals surface area contributed by atoms with E-state index in [2.05, 4.69) is 15.6 Å². The first-order chi connectivity index (χ1) is 11.6. The normalized spacial score (nSPS) is 10.2. The Labute approximate surface area is 138 Å². The number of hydrogen-bond acceptors (Lipinski definition) is 4. The lowest BCUT2D eigenvalue weighted by atomic mass is 10.1. The molecule has 6 nitrogen and oxygen atoms in total. The molecule has 2 amide bonds. The minimum absolute atomic E-state index is 0.0748. The van der Waals surface area contributed by atoms with Crippen LogP contribution in [0.25, 0.3) is 0 Å². The largest absolute Gasteiger partial charge is 0.505 e. The number of halogens is 1. The molecule has 0 aliphatic carbocycles. The van der Waals surface area contributed by atoms with Crippen LogP contribution in [0.1, 0.15) is 22.5 Å². The number of aromatic nitrogens is 1. The van der Waals surface area contributed by atoms with E-state index in [1.54, 1.807) is 12.1 Å². The maximum absolute atomic E-state index is 12.8. The average molecular weight is 331 g/mol. The first-order valence-electron chi connectivity index (χ1n) is 7.49. The minimum atomic E-state index is -0.535. The van der Waals surface area contributed by atoms with Crippen molar-refractivity contribution in [2.75, 3.05) is 13.1 Å². The monoisotopic (exact) mass is 331 g/mol. The molecule has 1 aromatic carbocycles. The van der Waals surface area contributed by atoms with E-state index in [1.165, 1.54) is 30.5 Å². The molecule has 0 unspecified atom stereocenters. The molecule has 1 heterocycles. The van der Waals surface area contributed by atoms with Crippen LogP contribution in [-0.2, 0) is 11.2 Å². The van der Waals surface area contributed by atoms with E-state index in [0.717, 1.165) is 5.56 Å². The van der Waals surface area contributed by atoms with Gasteiger partial charge in [-0.2, -0.15) is 0 Å². The Bertz CT molecular complexity index is 704. The fourth-order valence-corrected chi connectivity index (χ4v) is 2.03. The highest BCUT2D eigenvalue weighted by molar-refractivity contribution is 5.94. The van der Waals surface area contributed by atoms with Gasteiger partial charge in [0.05, 0.1) is 0 Å². The third kappa shape index (κ3) is 5.35. The third-order valence-electron chi connectivity index (χ3n) is 3.29. The van der Waals surface area contributed by atoms with E-state index >= 15 is 0 Å². The molecule has 0 aliphatic rings. The van der Waals surface area contributed by atoms with Crippen LogP contribution >= 0.6 is 0 Å². The number of carbonyl (C=O) groups excluding carboxylic acids is 2. The summed E-state index contributed by atoms with van der Waals surface area (Å²) < 4.78 is 12.8. The number of hydrogen-bond donors (Lipinski definition) is 3. The predicted molar refractivity (Wildman–Crippen MR) is 86.0 cm³/mol. The van der Waals surface area contributed by atoms with Crippen molar-refractivity contribution in [3.8, 4) is 5.75 Å². The van der Waals surface area contributed by atoms with Gasteiger partial charge in [0.15, 0.2) is 5.69 Å². The van der Waals surface area contributed by atoms with Crippen LogP contribution in [0, 0.1) is 5.82 Å². The van der Waals surface area contributed by atoms with Crippen molar-refractivity contribution in [2.45, 2.75) is 12.8 Å². The number of rotatable bonds is 7. The summed E-state index contributed by atoms with van der Waals surface area (Å²) in [5.74, 6) is -1.24. The summed E-state index contributed by atoms with van der Waals surface area (Å²) in [4.78, 5) is 27.2. The number of aromatic hydroxyl groups is 1. The van der Waals surface area contributed by atoms with Crippen LogP contribution in [0.5, 0.6) is 5.75 Å². The Kier molecular flexibility index (Phi) is 6.24. The van der Waals surface area contributed by atoms with E-state index < -0.39 is 5.91 Å². The maximum atomic E-state index is 12.8.